The van der Waals surface area contributed by atoms with Gasteiger partial charge in [-0.25, -0.2) is 4.39 Å². The lowest BCUT2D eigenvalue weighted by Crippen LogP contribution is -2.53. The van der Waals surface area contributed by atoms with Crippen LogP contribution in [0.1, 0.15) is 31.2 Å². The van der Waals surface area contributed by atoms with Gasteiger partial charge in [0.25, 0.3) is 0 Å². The molecule has 0 spiro atoms. The molecular weight excluding hydrogens is 295 g/mol. The first kappa shape index (κ1) is 16.4. The Bertz CT molecular complexity index is 544. The number of rotatable bonds is 4. The zero-order chi connectivity index (χ0) is 16.2. The Morgan fingerprint density at radius 3 is 2.57 bits per heavy atom. The topological polar surface area (TPSA) is 43.8 Å². The molecule has 2 fully saturated rings. The molecule has 0 unspecified atom stereocenters. The first-order chi connectivity index (χ1) is 11.1. The summed E-state index contributed by atoms with van der Waals surface area (Å²) in [6.07, 6.45) is 3.64. The molecule has 2 atom stereocenters. The molecule has 0 bridgehead atoms. The van der Waals surface area contributed by atoms with E-state index in [9.17, 15) is 14.3 Å². The van der Waals surface area contributed by atoms with Gasteiger partial charge >= 0.3 is 0 Å². The highest BCUT2D eigenvalue weighted by Gasteiger charge is 2.33. The van der Waals surface area contributed by atoms with E-state index in [2.05, 4.69) is 4.90 Å². The van der Waals surface area contributed by atoms with Crippen LogP contribution in [0.4, 0.5) is 4.39 Å². The van der Waals surface area contributed by atoms with Gasteiger partial charge in [0.15, 0.2) is 0 Å². The number of hydrogen-bond acceptors (Lipinski definition) is 3. The van der Waals surface area contributed by atoms with Crippen LogP contribution in [0.15, 0.2) is 24.3 Å². The predicted octanol–water partition coefficient (Wildman–Crippen LogP) is 1.82. The maximum atomic E-state index is 13.6. The van der Waals surface area contributed by atoms with Crippen LogP contribution in [0.2, 0.25) is 0 Å². The molecule has 1 N–H and O–H groups in total. The Morgan fingerprint density at radius 2 is 1.91 bits per heavy atom. The highest BCUT2D eigenvalue weighted by molar-refractivity contribution is 5.76. The van der Waals surface area contributed by atoms with Gasteiger partial charge in [0.1, 0.15) is 5.82 Å². The number of piperazine rings is 1. The maximum Gasteiger partial charge on any atom is 0.222 e. The zero-order valence-electron chi connectivity index (χ0n) is 13.5. The minimum atomic E-state index is -0.236. The van der Waals surface area contributed by atoms with E-state index in [4.69, 9.17) is 0 Å². The van der Waals surface area contributed by atoms with E-state index in [1.807, 2.05) is 4.90 Å². The highest BCUT2D eigenvalue weighted by Crippen LogP contribution is 2.25. The average Bonchev–Trinajstić information content (AvgIpc) is 3.00. The van der Waals surface area contributed by atoms with Crippen molar-refractivity contribution in [3.05, 3.63) is 35.6 Å². The summed E-state index contributed by atoms with van der Waals surface area (Å²) in [5, 5.41) is 9.99. The lowest BCUT2D eigenvalue weighted by Gasteiger charge is -2.39. The lowest BCUT2D eigenvalue weighted by molar-refractivity contribution is -0.133. The number of hydrogen-bond donors (Lipinski definition) is 1. The standard InChI is InChI=1S/C18H25FN2O2/c19-15-5-2-1-4-14(15)8-9-18(23)21-12-10-20(11-13-21)16-6-3-7-17(16)22/h1-2,4-5,16-17,22H,3,6-13H2/t16-,17-/m1/s1. The summed E-state index contributed by atoms with van der Waals surface area (Å²) < 4.78 is 13.6. The van der Waals surface area contributed by atoms with E-state index in [0.717, 1.165) is 32.4 Å². The van der Waals surface area contributed by atoms with Crippen molar-refractivity contribution in [1.82, 2.24) is 9.80 Å². The molecule has 5 heteroatoms. The van der Waals surface area contributed by atoms with Gasteiger partial charge in [0, 0.05) is 38.6 Å². The molecule has 1 saturated carbocycles. The molecule has 23 heavy (non-hydrogen) atoms. The largest absolute Gasteiger partial charge is 0.391 e. The zero-order valence-corrected chi connectivity index (χ0v) is 13.5. The molecule has 1 amide bonds. The van der Waals surface area contributed by atoms with Crippen molar-refractivity contribution in [3.8, 4) is 0 Å². The van der Waals surface area contributed by atoms with Gasteiger partial charge in [0.05, 0.1) is 6.10 Å². The monoisotopic (exact) mass is 320 g/mol. The molecule has 2 aliphatic rings. The minimum Gasteiger partial charge on any atom is -0.391 e. The molecule has 126 valence electrons. The molecule has 1 heterocycles. The van der Waals surface area contributed by atoms with Gasteiger partial charge in [0.2, 0.25) is 5.91 Å². The summed E-state index contributed by atoms with van der Waals surface area (Å²) in [5.41, 5.74) is 0.605. The molecule has 1 aromatic carbocycles. The predicted molar refractivity (Wildman–Crippen MR) is 86.5 cm³/mol. The molecule has 0 aromatic heterocycles. The van der Waals surface area contributed by atoms with Crippen molar-refractivity contribution >= 4 is 5.91 Å². The fraction of sp³-hybridized carbons (Fsp3) is 0.611. The summed E-state index contributed by atoms with van der Waals surface area (Å²) in [5.74, 6) is -0.139. The summed E-state index contributed by atoms with van der Waals surface area (Å²) in [6.45, 7) is 3.07. The van der Waals surface area contributed by atoms with Crippen LogP contribution in [0.25, 0.3) is 0 Å². The van der Waals surface area contributed by atoms with Gasteiger partial charge in [-0.1, -0.05) is 18.2 Å². The molecule has 1 aromatic rings. The Balaban J connectivity index is 1.46. The Labute approximate surface area is 136 Å². The quantitative estimate of drug-likeness (QED) is 0.920. The van der Waals surface area contributed by atoms with Crippen molar-refractivity contribution < 1.29 is 14.3 Å². The fourth-order valence-corrected chi connectivity index (χ4v) is 3.75. The van der Waals surface area contributed by atoms with E-state index >= 15 is 0 Å². The average molecular weight is 320 g/mol. The molecule has 4 nitrogen and oxygen atoms in total. The molecule has 1 saturated heterocycles. The van der Waals surface area contributed by atoms with Crippen LogP contribution in [-0.4, -0.2) is 59.1 Å². The second-order valence-corrected chi connectivity index (χ2v) is 6.57. The Kier molecular flexibility index (Phi) is 5.28. The van der Waals surface area contributed by atoms with Crippen LogP contribution in [0.5, 0.6) is 0 Å². The molecule has 3 rings (SSSR count). The SMILES string of the molecule is O=C(CCc1ccccc1F)N1CCN([C@@H]2CCC[C@H]2O)CC1. The van der Waals surface area contributed by atoms with Crippen molar-refractivity contribution in [2.24, 2.45) is 0 Å². The Hall–Kier alpha value is -1.46. The summed E-state index contributed by atoms with van der Waals surface area (Å²) >= 11 is 0. The van der Waals surface area contributed by atoms with Crippen LogP contribution in [0, 0.1) is 5.82 Å². The number of carbonyl (C=O) groups excluding carboxylic acids is 1. The smallest absolute Gasteiger partial charge is 0.222 e. The molecule has 0 radical (unpaired) electrons. The van der Waals surface area contributed by atoms with Crippen molar-refractivity contribution in [1.29, 1.82) is 0 Å². The first-order valence-corrected chi connectivity index (χ1v) is 8.58. The second-order valence-electron chi connectivity index (χ2n) is 6.57. The maximum absolute atomic E-state index is 13.6. The number of aryl methyl sites for hydroxylation is 1. The third-order valence-corrected chi connectivity index (χ3v) is 5.15. The third-order valence-electron chi connectivity index (χ3n) is 5.15. The van der Waals surface area contributed by atoms with Gasteiger partial charge in [-0.05, 0) is 37.3 Å². The molecule has 1 aliphatic carbocycles. The highest BCUT2D eigenvalue weighted by atomic mass is 19.1. The number of benzene rings is 1. The van der Waals surface area contributed by atoms with E-state index in [1.54, 1.807) is 18.2 Å². The van der Waals surface area contributed by atoms with Crippen LogP contribution in [-0.2, 0) is 11.2 Å². The molecular formula is C18H25FN2O2. The number of carbonyl (C=O) groups is 1. The van der Waals surface area contributed by atoms with Crippen LogP contribution >= 0.6 is 0 Å². The summed E-state index contributed by atoms with van der Waals surface area (Å²) in [7, 11) is 0. The van der Waals surface area contributed by atoms with Gasteiger partial charge in [-0.2, -0.15) is 0 Å². The molecule has 1 aliphatic heterocycles. The van der Waals surface area contributed by atoms with E-state index in [1.165, 1.54) is 6.07 Å². The van der Waals surface area contributed by atoms with Gasteiger partial charge in [-0.15, -0.1) is 0 Å². The minimum absolute atomic E-state index is 0.0971. The van der Waals surface area contributed by atoms with E-state index in [0.29, 0.717) is 31.5 Å². The number of aliphatic hydroxyl groups is 1. The normalized spacial score (nSPS) is 25.7. The summed E-state index contributed by atoms with van der Waals surface area (Å²) in [4.78, 5) is 16.5. The lowest BCUT2D eigenvalue weighted by atomic mass is 10.1. The van der Waals surface area contributed by atoms with Gasteiger partial charge < -0.3 is 10.0 Å². The number of halogens is 1. The van der Waals surface area contributed by atoms with E-state index in [-0.39, 0.29) is 23.9 Å². The van der Waals surface area contributed by atoms with Crippen LogP contribution in [0.3, 0.4) is 0 Å². The van der Waals surface area contributed by atoms with Gasteiger partial charge in [-0.3, -0.25) is 9.69 Å². The second kappa shape index (κ2) is 7.41. The van der Waals surface area contributed by atoms with Crippen molar-refractivity contribution in [2.45, 2.75) is 44.2 Å². The first-order valence-electron chi connectivity index (χ1n) is 8.58. The Morgan fingerprint density at radius 1 is 1.17 bits per heavy atom. The van der Waals surface area contributed by atoms with E-state index < -0.39 is 0 Å². The third kappa shape index (κ3) is 3.90. The van der Waals surface area contributed by atoms with Crippen molar-refractivity contribution in [2.75, 3.05) is 26.2 Å². The van der Waals surface area contributed by atoms with Crippen LogP contribution < -0.4 is 0 Å². The number of aliphatic hydroxyl groups excluding tert-OH is 1. The fourth-order valence-electron chi connectivity index (χ4n) is 3.75. The summed E-state index contributed by atoms with van der Waals surface area (Å²) in [6, 6.07) is 6.91. The number of nitrogens with zero attached hydrogens (tertiary/aromatic N) is 2. The van der Waals surface area contributed by atoms with Crippen molar-refractivity contribution in [3.63, 3.8) is 0 Å². The number of amides is 1.